The highest BCUT2D eigenvalue weighted by Crippen LogP contribution is 2.34. The number of amides is 1. The van der Waals surface area contributed by atoms with Gasteiger partial charge in [0.05, 0.1) is 25.7 Å². The molecule has 1 aromatic carbocycles. The van der Waals surface area contributed by atoms with Gasteiger partial charge in [0.25, 0.3) is 0 Å². The fourth-order valence-electron chi connectivity index (χ4n) is 1.87. The van der Waals surface area contributed by atoms with Gasteiger partial charge in [-0.05, 0) is 18.2 Å². The number of nitrogens with one attached hydrogen (secondary N) is 1. The van der Waals surface area contributed by atoms with Crippen LogP contribution >= 0.6 is 23.1 Å². The minimum Gasteiger partial charge on any atom is -0.497 e. The molecule has 23 heavy (non-hydrogen) atoms. The lowest BCUT2D eigenvalue weighted by molar-refractivity contribution is -0.113. The second-order valence-corrected chi connectivity index (χ2v) is 6.46. The summed E-state index contributed by atoms with van der Waals surface area (Å²) in [6, 6.07) is 5.51. The van der Waals surface area contributed by atoms with Gasteiger partial charge in [-0.2, -0.15) is 11.8 Å². The number of thioether (sulfide) groups is 1. The quantitative estimate of drug-likeness (QED) is 0.709. The normalized spacial score (nSPS) is 10.4. The molecule has 2 rings (SSSR count). The molecule has 0 radical (unpaired) electrons. The van der Waals surface area contributed by atoms with Gasteiger partial charge in [-0.15, -0.1) is 11.3 Å². The molecule has 2 aromatic rings. The lowest BCUT2D eigenvalue weighted by Gasteiger charge is -2.08. The van der Waals surface area contributed by atoms with Crippen LogP contribution in [0.15, 0.2) is 23.6 Å². The van der Waals surface area contributed by atoms with Crippen molar-refractivity contribution in [2.24, 2.45) is 5.73 Å². The van der Waals surface area contributed by atoms with E-state index in [2.05, 4.69) is 10.3 Å². The van der Waals surface area contributed by atoms with E-state index in [0.717, 1.165) is 22.8 Å². The van der Waals surface area contributed by atoms with Crippen molar-refractivity contribution in [1.29, 1.82) is 0 Å². The van der Waals surface area contributed by atoms with Gasteiger partial charge in [0.15, 0.2) is 5.13 Å². The maximum absolute atomic E-state index is 11.8. The van der Waals surface area contributed by atoms with Crippen LogP contribution in [0.2, 0.25) is 0 Å². The Morgan fingerprint density at radius 1 is 1.39 bits per heavy atom. The van der Waals surface area contributed by atoms with Gasteiger partial charge in [-0.1, -0.05) is 0 Å². The molecule has 3 N–H and O–H groups in total. The number of carbonyl (C=O) groups is 1. The number of rotatable bonds is 8. The number of ether oxygens (including phenoxy) is 2. The number of anilines is 1. The smallest absolute Gasteiger partial charge is 0.236 e. The SMILES string of the molecule is COc1ccc(OC)c(-c2csc(NC(=O)CSCCN)n2)c1. The fourth-order valence-corrected chi connectivity index (χ4v) is 3.17. The van der Waals surface area contributed by atoms with Crippen LogP contribution in [0.3, 0.4) is 0 Å². The molecule has 0 aliphatic heterocycles. The van der Waals surface area contributed by atoms with Crippen molar-refractivity contribution in [2.75, 3.05) is 37.6 Å². The summed E-state index contributed by atoms with van der Waals surface area (Å²) in [5.41, 5.74) is 6.95. The minimum atomic E-state index is -0.0815. The Morgan fingerprint density at radius 3 is 2.91 bits per heavy atom. The molecule has 0 aliphatic rings. The summed E-state index contributed by atoms with van der Waals surface area (Å²) < 4.78 is 10.6. The van der Waals surface area contributed by atoms with Gasteiger partial charge in [0.1, 0.15) is 11.5 Å². The van der Waals surface area contributed by atoms with Crippen molar-refractivity contribution >= 4 is 34.1 Å². The van der Waals surface area contributed by atoms with E-state index in [-0.39, 0.29) is 5.91 Å². The molecule has 8 heteroatoms. The van der Waals surface area contributed by atoms with Gasteiger partial charge >= 0.3 is 0 Å². The summed E-state index contributed by atoms with van der Waals surface area (Å²) in [4.78, 5) is 16.3. The van der Waals surface area contributed by atoms with Gasteiger partial charge in [0.2, 0.25) is 5.91 Å². The molecule has 1 heterocycles. The predicted octanol–water partition coefficient (Wildman–Crippen LogP) is 2.46. The molecule has 0 aliphatic carbocycles. The first kappa shape index (κ1) is 17.6. The van der Waals surface area contributed by atoms with E-state index < -0.39 is 0 Å². The van der Waals surface area contributed by atoms with E-state index in [1.165, 1.54) is 23.1 Å². The van der Waals surface area contributed by atoms with Crippen LogP contribution in [0, 0.1) is 0 Å². The molecule has 0 fully saturated rings. The lowest BCUT2D eigenvalue weighted by Crippen LogP contribution is -2.15. The monoisotopic (exact) mass is 353 g/mol. The highest BCUT2D eigenvalue weighted by Gasteiger charge is 2.13. The third-order valence-electron chi connectivity index (χ3n) is 2.93. The summed E-state index contributed by atoms with van der Waals surface area (Å²) in [6.45, 7) is 0.564. The van der Waals surface area contributed by atoms with Gasteiger partial charge in [-0.25, -0.2) is 4.98 Å². The van der Waals surface area contributed by atoms with Crippen LogP contribution in [0.5, 0.6) is 11.5 Å². The molecule has 0 saturated heterocycles. The molecule has 0 atom stereocenters. The zero-order valence-electron chi connectivity index (χ0n) is 13.0. The zero-order chi connectivity index (χ0) is 16.7. The van der Waals surface area contributed by atoms with Crippen molar-refractivity contribution in [3.63, 3.8) is 0 Å². The van der Waals surface area contributed by atoms with Crippen LogP contribution in [0.25, 0.3) is 11.3 Å². The first-order chi connectivity index (χ1) is 11.2. The number of nitrogens with two attached hydrogens (primary N) is 1. The van der Waals surface area contributed by atoms with Gasteiger partial charge in [0, 0.05) is 23.2 Å². The Labute approximate surface area is 143 Å². The summed E-state index contributed by atoms with van der Waals surface area (Å²) >= 11 is 2.87. The van der Waals surface area contributed by atoms with Crippen molar-refractivity contribution < 1.29 is 14.3 Å². The first-order valence-corrected chi connectivity index (χ1v) is 8.97. The molecular formula is C15H19N3O3S2. The Balaban J connectivity index is 2.11. The second-order valence-electron chi connectivity index (χ2n) is 4.49. The molecule has 0 unspecified atom stereocenters. The van der Waals surface area contributed by atoms with E-state index in [4.69, 9.17) is 15.2 Å². The standard InChI is InChI=1S/C15H19N3O3S2/c1-20-10-3-4-13(21-2)11(7-10)12-8-23-15(17-12)18-14(19)9-22-6-5-16/h3-4,7-8H,5-6,9,16H2,1-2H3,(H,17,18,19). The van der Waals surface area contributed by atoms with Crippen LogP contribution in [-0.4, -0.2) is 43.2 Å². The minimum absolute atomic E-state index is 0.0815. The van der Waals surface area contributed by atoms with E-state index in [0.29, 0.717) is 23.2 Å². The largest absolute Gasteiger partial charge is 0.497 e. The van der Waals surface area contributed by atoms with E-state index in [9.17, 15) is 4.79 Å². The number of hydrogen-bond donors (Lipinski definition) is 2. The number of hydrogen-bond acceptors (Lipinski definition) is 7. The zero-order valence-corrected chi connectivity index (χ0v) is 14.6. The summed E-state index contributed by atoms with van der Waals surface area (Å²) in [7, 11) is 3.21. The maximum Gasteiger partial charge on any atom is 0.236 e. The fraction of sp³-hybridized carbons (Fsp3) is 0.333. The average molecular weight is 353 g/mol. The van der Waals surface area contributed by atoms with Crippen LogP contribution in [0.4, 0.5) is 5.13 Å². The van der Waals surface area contributed by atoms with Gasteiger partial charge in [-0.3, -0.25) is 4.79 Å². The van der Waals surface area contributed by atoms with Crippen LogP contribution in [0.1, 0.15) is 0 Å². The molecule has 1 amide bonds. The number of methoxy groups -OCH3 is 2. The molecule has 6 nitrogen and oxygen atoms in total. The molecule has 0 bridgehead atoms. The third-order valence-corrected chi connectivity index (χ3v) is 4.68. The predicted molar refractivity (Wildman–Crippen MR) is 95.7 cm³/mol. The van der Waals surface area contributed by atoms with Crippen molar-refractivity contribution in [3.05, 3.63) is 23.6 Å². The molecule has 0 saturated carbocycles. The number of aromatic nitrogens is 1. The number of carbonyl (C=O) groups excluding carboxylic acids is 1. The van der Waals surface area contributed by atoms with Crippen molar-refractivity contribution in [2.45, 2.75) is 0 Å². The topological polar surface area (TPSA) is 86.5 Å². The lowest BCUT2D eigenvalue weighted by atomic mass is 10.1. The Kier molecular flexibility index (Phi) is 6.69. The van der Waals surface area contributed by atoms with Crippen molar-refractivity contribution in [1.82, 2.24) is 4.98 Å². The molecule has 0 spiro atoms. The molecular weight excluding hydrogens is 334 g/mol. The van der Waals surface area contributed by atoms with Crippen LogP contribution < -0.4 is 20.5 Å². The van der Waals surface area contributed by atoms with E-state index >= 15 is 0 Å². The highest BCUT2D eigenvalue weighted by molar-refractivity contribution is 7.99. The summed E-state index contributed by atoms with van der Waals surface area (Å²) in [5, 5.41) is 5.23. The van der Waals surface area contributed by atoms with Crippen molar-refractivity contribution in [3.8, 4) is 22.8 Å². The number of nitrogens with zero attached hydrogens (tertiary/aromatic N) is 1. The molecule has 124 valence electrons. The summed E-state index contributed by atoms with van der Waals surface area (Å²) in [5.74, 6) is 2.47. The Hall–Kier alpha value is -1.77. The molecule has 1 aromatic heterocycles. The summed E-state index contributed by atoms with van der Waals surface area (Å²) in [6.07, 6.45) is 0. The first-order valence-electron chi connectivity index (χ1n) is 6.93. The third kappa shape index (κ3) is 4.85. The van der Waals surface area contributed by atoms with Crippen LogP contribution in [-0.2, 0) is 4.79 Å². The highest BCUT2D eigenvalue weighted by atomic mass is 32.2. The second kappa shape index (κ2) is 8.76. The van der Waals surface area contributed by atoms with E-state index in [1.807, 2.05) is 23.6 Å². The Morgan fingerprint density at radius 2 is 2.22 bits per heavy atom. The van der Waals surface area contributed by atoms with Gasteiger partial charge < -0.3 is 20.5 Å². The maximum atomic E-state index is 11.8. The average Bonchev–Trinajstić information content (AvgIpc) is 3.02. The Bertz CT molecular complexity index is 661. The number of thiazole rings is 1. The van der Waals surface area contributed by atoms with E-state index in [1.54, 1.807) is 14.2 Å². The number of benzene rings is 1.